The molecule has 1 amide bonds. The third-order valence-corrected chi connectivity index (χ3v) is 5.27. The van der Waals surface area contributed by atoms with E-state index in [0.717, 1.165) is 41.8 Å². The van der Waals surface area contributed by atoms with E-state index in [2.05, 4.69) is 27.5 Å². The average molecular weight is 390 g/mol. The van der Waals surface area contributed by atoms with Crippen LogP contribution in [0.3, 0.4) is 0 Å². The zero-order valence-corrected chi connectivity index (χ0v) is 16.7. The summed E-state index contributed by atoms with van der Waals surface area (Å²) in [7, 11) is 1.64. The number of ether oxygens (including phenoxy) is 1. The third kappa shape index (κ3) is 4.90. The second-order valence-corrected chi connectivity index (χ2v) is 7.53. The van der Waals surface area contributed by atoms with Gasteiger partial charge in [-0.3, -0.25) is 4.79 Å². The molecule has 6 nitrogen and oxygen atoms in total. The van der Waals surface area contributed by atoms with Crippen molar-refractivity contribution in [3.63, 3.8) is 0 Å². The van der Waals surface area contributed by atoms with Crippen LogP contribution in [-0.4, -0.2) is 33.8 Å². The Kier molecular flexibility index (Phi) is 6.00. The molecule has 0 bridgehead atoms. The molecule has 1 aliphatic carbocycles. The number of rotatable bonds is 7. The summed E-state index contributed by atoms with van der Waals surface area (Å²) in [6.45, 7) is 0.385. The van der Waals surface area contributed by atoms with Crippen LogP contribution in [0.15, 0.2) is 54.9 Å². The first-order chi connectivity index (χ1) is 14.2. The topological polar surface area (TPSA) is 69.0 Å². The molecule has 1 aromatic carbocycles. The molecule has 29 heavy (non-hydrogen) atoms. The van der Waals surface area contributed by atoms with Crippen molar-refractivity contribution in [1.29, 1.82) is 0 Å². The van der Waals surface area contributed by atoms with Gasteiger partial charge in [0.1, 0.15) is 5.69 Å². The van der Waals surface area contributed by atoms with Crippen LogP contribution >= 0.6 is 0 Å². The Balaban J connectivity index is 1.52. The van der Waals surface area contributed by atoms with E-state index >= 15 is 0 Å². The molecule has 150 valence electrons. The van der Waals surface area contributed by atoms with E-state index in [0.29, 0.717) is 12.3 Å². The predicted molar refractivity (Wildman–Crippen MR) is 111 cm³/mol. The van der Waals surface area contributed by atoms with Crippen molar-refractivity contribution >= 4 is 5.91 Å². The second-order valence-electron chi connectivity index (χ2n) is 7.53. The number of aromatic nitrogens is 3. The number of carbonyl (C=O) groups is 1. The number of nitrogens with one attached hydrogen (secondary N) is 1. The molecule has 1 aliphatic rings. The minimum Gasteiger partial charge on any atom is -0.378 e. The van der Waals surface area contributed by atoms with Gasteiger partial charge in [-0.1, -0.05) is 25.0 Å². The summed E-state index contributed by atoms with van der Waals surface area (Å²) in [4.78, 5) is 17.2. The normalized spacial score (nSPS) is 14.2. The summed E-state index contributed by atoms with van der Waals surface area (Å²) >= 11 is 0. The maximum absolute atomic E-state index is 12.7. The monoisotopic (exact) mass is 390 g/mol. The fraction of sp³-hybridized carbons (Fsp3) is 0.348. The summed E-state index contributed by atoms with van der Waals surface area (Å²) in [5.74, 6) is -0.0925. The van der Waals surface area contributed by atoms with Crippen molar-refractivity contribution in [1.82, 2.24) is 20.1 Å². The maximum Gasteiger partial charge on any atom is 0.270 e. The number of benzene rings is 1. The van der Waals surface area contributed by atoms with E-state index in [1.807, 2.05) is 41.2 Å². The van der Waals surface area contributed by atoms with E-state index < -0.39 is 0 Å². The van der Waals surface area contributed by atoms with Gasteiger partial charge in [0.05, 0.1) is 18.0 Å². The van der Waals surface area contributed by atoms with Gasteiger partial charge in [-0.2, -0.15) is 5.10 Å². The molecule has 2 aromatic heterocycles. The fourth-order valence-corrected chi connectivity index (χ4v) is 3.84. The third-order valence-electron chi connectivity index (χ3n) is 5.27. The van der Waals surface area contributed by atoms with Gasteiger partial charge in [0.15, 0.2) is 0 Å². The van der Waals surface area contributed by atoms with E-state index in [1.54, 1.807) is 13.3 Å². The summed E-state index contributed by atoms with van der Waals surface area (Å²) < 4.78 is 7.09. The van der Waals surface area contributed by atoms with Crippen LogP contribution in [0.1, 0.15) is 53.0 Å². The van der Waals surface area contributed by atoms with Gasteiger partial charge >= 0.3 is 0 Å². The van der Waals surface area contributed by atoms with Crippen LogP contribution in [0, 0.1) is 0 Å². The molecule has 0 spiro atoms. The molecule has 1 N–H and O–H groups in total. The zero-order chi connectivity index (χ0) is 20.1. The van der Waals surface area contributed by atoms with Crippen molar-refractivity contribution in [3.8, 4) is 5.69 Å². The Morgan fingerprint density at radius 3 is 2.66 bits per heavy atom. The zero-order valence-electron chi connectivity index (χ0n) is 16.7. The number of hydrogen-bond acceptors (Lipinski definition) is 4. The second kappa shape index (κ2) is 9.01. The smallest absolute Gasteiger partial charge is 0.270 e. The number of amides is 1. The van der Waals surface area contributed by atoms with Gasteiger partial charge in [0.2, 0.25) is 0 Å². The Morgan fingerprint density at radius 2 is 1.97 bits per heavy atom. The van der Waals surface area contributed by atoms with Crippen LogP contribution in [0.25, 0.3) is 5.69 Å². The van der Waals surface area contributed by atoms with E-state index in [4.69, 9.17) is 4.74 Å². The first-order valence-corrected chi connectivity index (χ1v) is 10.1. The first-order valence-electron chi connectivity index (χ1n) is 10.1. The number of carbonyl (C=O) groups excluding carboxylic acids is 1. The Morgan fingerprint density at radius 1 is 1.17 bits per heavy atom. The molecule has 1 saturated carbocycles. The first kappa shape index (κ1) is 19.3. The minimum absolute atomic E-state index is 0.0925. The van der Waals surface area contributed by atoms with Crippen molar-refractivity contribution in [3.05, 3.63) is 77.4 Å². The highest BCUT2D eigenvalue weighted by Crippen LogP contribution is 2.19. The molecule has 0 aliphatic heterocycles. The Labute approximate surface area is 170 Å². The molecule has 2 heterocycles. The van der Waals surface area contributed by atoms with Crippen LogP contribution < -0.4 is 5.32 Å². The standard InChI is InChI=1S/C23H26N4O2/c1-29-16-20-14-18(15-22(25-20)23(28)26-19-5-2-3-6-19)13-17-7-9-21(10-8-17)27-12-4-11-24-27/h4,7-12,14-15,19H,2-3,5-6,13,16H2,1H3,(H,26,28). The van der Waals surface area contributed by atoms with E-state index in [-0.39, 0.29) is 11.9 Å². The van der Waals surface area contributed by atoms with Gasteiger partial charge in [0.25, 0.3) is 5.91 Å². The lowest BCUT2D eigenvalue weighted by atomic mass is 10.0. The predicted octanol–water partition coefficient (Wildman–Crippen LogP) is 3.68. The molecule has 3 aromatic rings. The summed E-state index contributed by atoms with van der Waals surface area (Å²) in [6, 6.07) is 14.4. The summed E-state index contributed by atoms with van der Waals surface area (Å²) in [5, 5.41) is 7.38. The molecule has 0 radical (unpaired) electrons. The summed E-state index contributed by atoms with van der Waals surface area (Å²) in [5.41, 5.74) is 4.47. The van der Waals surface area contributed by atoms with Crippen LogP contribution in [0.5, 0.6) is 0 Å². The van der Waals surface area contributed by atoms with Gasteiger partial charge in [0, 0.05) is 25.5 Å². The van der Waals surface area contributed by atoms with Gasteiger partial charge in [-0.25, -0.2) is 9.67 Å². The van der Waals surface area contributed by atoms with Crippen LogP contribution in [0.4, 0.5) is 0 Å². The number of nitrogens with zero attached hydrogens (tertiary/aromatic N) is 3. The van der Waals surface area contributed by atoms with E-state index in [9.17, 15) is 4.79 Å². The van der Waals surface area contributed by atoms with Crippen LogP contribution in [-0.2, 0) is 17.8 Å². The lowest BCUT2D eigenvalue weighted by Gasteiger charge is -2.13. The molecule has 0 atom stereocenters. The highest BCUT2D eigenvalue weighted by atomic mass is 16.5. The lowest BCUT2D eigenvalue weighted by molar-refractivity contribution is 0.0931. The highest BCUT2D eigenvalue weighted by Gasteiger charge is 2.19. The fourth-order valence-electron chi connectivity index (χ4n) is 3.84. The quantitative estimate of drug-likeness (QED) is 0.668. The number of methoxy groups -OCH3 is 1. The maximum atomic E-state index is 12.7. The summed E-state index contributed by atoms with van der Waals surface area (Å²) in [6.07, 6.45) is 8.88. The van der Waals surface area contributed by atoms with Crippen molar-refractivity contribution in [2.24, 2.45) is 0 Å². The largest absolute Gasteiger partial charge is 0.378 e. The minimum atomic E-state index is -0.0925. The molecular formula is C23H26N4O2. The van der Waals surface area contributed by atoms with Crippen molar-refractivity contribution in [2.45, 2.75) is 44.8 Å². The average Bonchev–Trinajstić information content (AvgIpc) is 3.43. The highest BCUT2D eigenvalue weighted by molar-refractivity contribution is 5.92. The molecule has 6 heteroatoms. The van der Waals surface area contributed by atoms with Gasteiger partial charge in [-0.15, -0.1) is 0 Å². The molecule has 0 saturated heterocycles. The molecule has 0 unspecified atom stereocenters. The molecule has 4 rings (SSSR count). The number of pyridine rings is 1. The van der Waals surface area contributed by atoms with Crippen LogP contribution in [0.2, 0.25) is 0 Å². The van der Waals surface area contributed by atoms with Gasteiger partial charge < -0.3 is 10.1 Å². The van der Waals surface area contributed by atoms with E-state index in [1.165, 1.54) is 12.8 Å². The molecular weight excluding hydrogens is 364 g/mol. The molecule has 1 fully saturated rings. The van der Waals surface area contributed by atoms with Crippen molar-refractivity contribution < 1.29 is 9.53 Å². The van der Waals surface area contributed by atoms with Crippen molar-refractivity contribution in [2.75, 3.05) is 7.11 Å². The lowest BCUT2D eigenvalue weighted by Crippen LogP contribution is -2.33. The Hall–Kier alpha value is -2.99. The van der Waals surface area contributed by atoms with Gasteiger partial charge in [-0.05, 0) is 60.7 Å². The number of hydrogen-bond donors (Lipinski definition) is 1. The Bertz CT molecular complexity index is 946. The SMILES string of the molecule is COCc1cc(Cc2ccc(-n3cccn3)cc2)cc(C(=O)NC2CCCC2)n1.